The molecule has 0 fully saturated rings. The minimum atomic E-state index is -0.207. The fraction of sp³-hybridized carbons (Fsp3) is 0.181. The molecule has 29 heteroatoms. The molecular weight excluding hydrogens is 1790 g/mol. The number of aromatic nitrogens is 10. The van der Waals surface area contributed by atoms with Gasteiger partial charge in [0.1, 0.15) is 16.9 Å². The highest BCUT2D eigenvalue weighted by molar-refractivity contribution is 9.11. The monoisotopic (exact) mass is 1860 g/mol. The van der Waals surface area contributed by atoms with Crippen molar-refractivity contribution in [3.63, 3.8) is 0 Å². The topological polar surface area (TPSA) is 254 Å². The van der Waals surface area contributed by atoms with Gasteiger partial charge in [0.25, 0.3) is 46.2 Å². The summed E-state index contributed by atoms with van der Waals surface area (Å²) in [6, 6.07) is 63.2. The molecule has 0 unspecified atom stereocenters. The predicted octanol–water partition coefficient (Wildman–Crippen LogP) is 15.8. The number of carbonyl (C=O) groups is 5. The molecule has 0 radical (unpaired) electrons. The maximum Gasteiger partial charge on any atom is 0.261 e. The van der Waals surface area contributed by atoms with Crippen LogP contribution in [0.1, 0.15) is 125 Å². The molecule has 123 heavy (non-hydrogen) atoms. The number of hydrogen-bond donors (Lipinski definition) is 2. The largest absolute Gasteiger partial charge is 0.355 e. The first-order valence-corrected chi connectivity index (χ1v) is 42.8. The lowest BCUT2D eigenvalue weighted by atomic mass is 10.0. The van der Waals surface area contributed by atoms with E-state index < -0.39 is 0 Å². The third-order valence-corrected chi connectivity index (χ3v) is 25.5. The summed E-state index contributed by atoms with van der Waals surface area (Å²) in [6.45, 7) is 11.3. The third kappa shape index (κ3) is 17.1. The highest BCUT2D eigenvalue weighted by Crippen LogP contribution is 2.34. The molecule has 0 aliphatic carbocycles. The van der Waals surface area contributed by atoms with E-state index in [4.69, 9.17) is 45.1 Å². The van der Waals surface area contributed by atoms with Crippen molar-refractivity contribution in [3.8, 4) is 17.1 Å². The molecule has 10 heterocycles. The molecule has 3 aliphatic heterocycles. The van der Waals surface area contributed by atoms with Crippen LogP contribution >= 0.6 is 71.0 Å². The quantitative estimate of drug-likeness (QED) is 0.0857. The van der Waals surface area contributed by atoms with Gasteiger partial charge in [-0.3, -0.25) is 57.0 Å². The number of rotatable bonds is 16. The highest BCUT2D eigenvalue weighted by Gasteiger charge is 2.34. The van der Waals surface area contributed by atoms with Crippen LogP contribution in [0.15, 0.2) is 259 Å². The number of amides is 5. The van der Waals surface area contributed by atoms with Crippen LogP contribution in [0.4, 0.5) is 5.69 Å². The van der Waals surface area contributed by atoms with Gasteiger partial charge in [0, 0.05) is 127 Å². The Kier molecular flexibility index (Phi) is 24.7. The van der Waals surface area contributed by atoms with Crippen LogP contribution in [-0.4, -0.2) is 125 Å². The van der Waals surface area contributed by atoms with Gasteiger partial charge >= 0.3 is 0 Å². The van der Waals surface area contributed by atoms with E-state index in [0.29, 0.717) is 163 Å². The standard InChI is InChI=1S/C33H27BrN6O3.C32H27BrClN5O3.C29H23BrClN5O2/c1-35-28-18-23(12-15-27(28)34)32(42)38-17-16-26-29(20-38)40-31(24(19-37-40)9-8-21-6-4-3-5-7-21)39(33(26)43)25-13-10-22(11-14-25)30(41)36-2;1-35-29(40)21-9-12-24(13-10-21)38-30-23(8-7-20-5-3-2-4-6-20)18-36-39(30)28-19-37(16-15-25(28)32(38)42)31(41)22-11-14-26(33)27(34)17-22;1-18-5-8-22(9-6-18)35-27-20(14-21-4-2-3-12-32-21)16-33-36(27)26-17-34(13-11-23(26)29(35)38)28(37)19-7-10-24(30)25(31)15-19/h3-7,10-15,18-19H,8-9,16-17,20H2,2H3,(H,36,41);2-6,9-14,17-18H,7-8,15-16,19H2,1H3,(H,35,40);2-10,12,15-16H,11,13-14,17H2,1H3. The average Bonchev–Trinajstić information content (AvgIpc) is 1.68. The van der Waals surface area contributed by atoms with Gasteiger partial charge in [0.05, 0.1) is 89.0 Å². The Morgan fingerprint density at radius 3 is 1.16 bits per heavy atom. The molecule has 24 nitrogen and oxygen atoms in total. The zero-order valence-corrected chi connectivity index (χ0v) is 73.0. The Bertz CT molecular complexity index is 6910. The Balaban J connectivity index is 0.000000137. The number of hydrogen-bond acceptors (Lipinski definition) is 12. The SMILES string of the molecule is CNC(=O)c1ccc(-n2c(=O)c3c(n4ncc(CCc5ccccc5)c24)CN(C(=O)c2ccc(Br)c(Cl)c2)CC3)cc1.Cc1ccc(-n2c(=O)c3c(n4ncc(Cc5ccccn5)c24)CN(C(=O)c2ccc(Br)c(Cl)c2)CC3)cc1.[C-]#[N+]c1cc(C(=O)N2CCc3c(n4ncc(CCc5ccccc5)c4n(-c4ccc(C(=O)NC)cc4)c3=O)C2)ccc1Br. The maximum atomic E-state index is 14.2. The van der Waals surface area contributed by atoms with Gasteiger partial charge in [-0.05, 0) is 210 Å². The van der Waals surface area contributed by atoms with Crippen molar-refractivity contribution in [2.45, 2.75) is 77.9 Å². The van der Waals surface area contributed by atoms with Crippen LogP contribution in [0.2, 0.25) is 10.0 Å². The average molecular weight is 1870 g/mol. The van der Waals surface area contributed by atoms with Crippen molar-refractivity contribution in [3.05, 3.63) is 398 Å². The number of benzene rings is 8. The molecule has 0 bridgehead atoms. The van der Waals surface area contributed by atoms with E-state index in [1.165, 1.54) is 11.1 Å². The molecule has 7 aromatic heterocycles. The van der Waals surface area contributed by atoms with Crippen LogP contribution in [0, 0.1) is 13.5 Å². The fourth-order valence-electron chi connectivity index (χ4n) is 15.9. The number of pyridine rings is 1. The van der Waals surface area contributed by atoms with Gasteiger partial charge in [0.2, 0.25) is 5.69 Å². The second-order valence-corrected chi connectivity index (χ2v) is 33.3. The molecule has 2 N–H and O–H groups in total. The van der Waals surface area contributed by atoms with Gasteiger partial charge in [-0.2, -0.15) is 15.3 Å². The Hall–Kier alpha value is -13.0. The molecule has 8 aromatic carbocycles. The first-order valence-electron chi connectivity index (χ1n) is 39.7. The molecule has 0 atom stereocenters. The number of nitrogens with zero attached hydrogens (tertiary/aromatic N) is 14. The molecule has 0 saturated heterocycles. The second-order valence-electron chi connectivity index (χ2n) is 29.9. The summed E-state index contributed by atoms with van der Waals surface area (Å²) in [5.41, 5.74) is 17.4. The summed E-state index contributed by atoms with van der Waals surface area (Å²) >= 11 is 22.6. The van der Waals surface area contributed by atoms with Gasteiger partial charge in [-0.1, -0.05) is 136 Å². The molecule has 5 amide bonds. The van der Waals surface area contributed by atoms with Crippen molar-refractivity contribution >= 4 is 123 Å². The molecule has 616 valence electrons. The van der Waals surface area contributed by atoms with Crippen molar-refractivity contribution in [2.75, 3.05) is 33.7 Å². The number of aryl methyl sites for hydroxylation is 5. The van der Waals surface area contributed by atoms with Gasteiger partial charge in [0.15, 0.2) is 0 Å². The molecular formula is C94H77Br3Cl2N16O8. The normalized spacial score (nSPS) is 12.8. The number of fused-ring (bicyclic) bond motifs is 9. The van der Waals surface area contributed by atoms with Crippen LogP contribution in [0.3, 0.4) is 0 Å². The maximum absolute atomic E-state index is 14.2. The summed E-state index contributed by atoms with van der Waals surface area (Å²) in [5.74, 6) is -0.910. The lowest BCUT2D eigenvalue weighted by molar-refractivity contribution is 0.0722. The number of nitrogens with one attached hydrogen (secondary N) is 2. The van der Waals surface area contributed by atoms with Crippen molar-refractivity contribution < 1.29 is 24.0 Å². The molecule has 0 saturated carbocycles. The molecule has 15 aromatic rings. The summed E-state index contributed by atoms with van der Waals surface area (Å²) in [5, 5.41) is 20.4. The summed E-state index contributed by atoms with van der Waals surface area (Å²) in [6.07, 6.45) is 11.7. The molecule has 0 spiro atoms. The molecule has 18 rings (SSSR count). The zero-order chi connectivity index (χ0) is 85.9. The van der Waals surface area contributed by atoms with E-state index in [-0.39, 0.29) is 65.8 Å². The lowest BCUT2D eigenvalue weighted by Gasteiger charge is -2.30. The summed E-state index contributed by atoms with van der Waals surface area (Å²) < 4.78 is 12.6. The lowest BCUT2D eigenvalue weighted by Crippen LogP contribution is -2.41. The van der Waals surface area contributed by atoms with Gasteiger partial charge < -0.3 is 25.3 Å². The fourth-order valence-corrected chi connectivity index (χ4v) is 17.1. The van der Waals surface area contributed by atoms with Crippen LogP contribution in [0.25, 0.3) is 38.8 Å². The summed E-state index contributed by atoms with van der Waals surface area (Å²) in [4.78, 5) is 120. The number of carbonyl (C=O) groups excluding carboxylic acids is 5. The van der Waals surface area contributed by atoms with Gasteiger partial charge in [-0.15, -0.1) is 0 Å². The van der Waals surface area contributed by atoms with Gasteiger partial charge in [-0.25, -0.2) is 18.4 Å². The van der Waals surface area contributed by atoms with Crippen LogP contribution in [-0.2, 0) is 71.0 Å². The second kappa shape index (κ2) is 36.4. The van der Waals surface area contributed by atoms with E-state index in [2.05, 4.69) is 92.5 Å². The Labute approximate surface area is 740 Å². The smallest absolute Gasteiger partial charge is 0.261 e. The van der Waals surface area contributed by atoms with E-state index in [0.717, 1.165) is 61.1 Å². The highest BCUT2D eigenvalue weighted by atomic mass is 79.9. The predicted molar refractivity (Wildman–Crippen MR) is 483 cm³/mol. The van der Waals surface area contributed by atoms with Crippen molar-refractivity contribution in [1.82, 2.24) is 72.9 Å². The van der Waals surface area contributed by atoms with E-state index in [1.54, 1.807) is 173 Å². The summed E-state index contributed by atoms with van der Waals surface area (Å²) in [7, 11) is 3.16. The Morgan fingerprint density at radius 2 is 0.789 bits per heavy atom. The van der Waals surface area contributed by atoms with Crippen LogP contribution in [0.5, 0.6) is 0 Å². The zero-order valence-electron chi connectivity index (χ0n) is 66.8. The first kappa shape index (κ1) is 83.7. The minimum absolute atomic E-state index is 0.0853. The third-order valence-electron chi connectivity index (χ3n) is 22.4. The minimum Gasteiger partial charge on any atom is -0.355 e. The number of halogens is 5. The van der Waals surface area contributed by atoms with Crippen molar-refractivity contribution in [2.24, 2.45) is 0 Å². The van der Waals surface area contributed by atoms with Crippen molar-refractivity contribution in [1.29, 1.82) is 0 Å². The van der Waals surface area contributed by atoms with E-state index >= 15 is 0 Å². The van der Waals surface area contributed by atoms with E-state index in [1.807, 2.05) is 96.5 Å². The van der Waals surface area contributed by atoms with Crippen LogP contribution < -0.4 is 27.3 Å². The first-order chi connectivity index (χ1) is 59.6. The Morgan fingerprint density at radius 1 is 0.431 bits per heavy atom. The molecule has 3 aliphatic rings. The van der Waals surface area contributed by atoms with E-state index in [9.17, 15) is 38.4 Å².